The van der Waals surface area contributed by atoms with Crippen molar-refractivity contribution in [2.45, 2.75) is 52.0 Å². The van der Waals surface area contributed by atoms with Crippen LogP contribution in [0.15, 0.2) is 71.9 Å². The van der Waals surface area contributed by atoms with Gasteiger partial charge in [-0.25, -0.2) is 9.78 Å². The van der Waals surface area contributed by atoms with E-state index in [0.29, 0.717) is 16.3 Å². The number of rotatable bonds is 7. The maximum Gasteiger partial charge on any atom is 0.336 e. The van der Waals surface area contributed by atoms with Crippen LogP contribution in [0.3, 0.4) is 0 Å². The summed E-state index contributed by atoms with van der Waals surface area (Å²) in [5, 5.41) is 4.02. The molecule has 188 valence electrons. The predicted molar refractivity (Wildman–Crippen MR) is 142 cm³/mol. The molecule has 1 aliphatic heterocycles. The van der Waals surface area contributed by atoms with Crippen molar-refractivity contribution in [3.8, 4) is 11.3 Å². The normalized spacial score (nSPS) is 21.6. The molecule has 1 N–H and O–H groups in total. The van der Waals surface area contributed by atoms with Gasteiger partial charge in [-0.1, -0.05) is 60.7 Å². The monoisotopic (exact) mass is 504 g/mol. The second-order valence-corrected chi connectivity index (χ2v) is 10.1. The van der Waals surface area contributed by atoms with E-state index < -0.39 is 29.3 Å². The van der Waals surface area contributed by atoms with E-state index in [1.54, 1.807) is 13.8 Å². The zero-order valence-corrected chi connectivity index (χ0v) is 22.1. The van der Waals surface area contributed by atoms with Gasteiger partial charge in [-0.3, -0.25) is 4.79 Å². The highest BCUT2D eigenvalue weighted by atomic mass is 32.1. The zero-order chi connectivity index (χ0) is 25.9. The lowest BCUT2D eigenvalue weighted by atomic mass is 9.62. The van der Waals surface area contributed by atoms with Gasteiger partial charge in [-0.05, 0) is 40.2 Å². The van der Waals surface area contributed by atoms with Crippen molar-refractivity contribution >= 4 is 23.3 Å². The molecule has 3 atom stereocenters. The SMILES string of the molecule is CCOC(=O)C1=C(C)NC(C)C(C(=O)OCC)(c2nc(-c3ccccc3)c(C)s2)C1c1ccccc1. The van der Waals surface area contributed by atoms with Crippen molar-refractivity contribution in [2.75, 3.05) is 13.2 Å². The summed E-state index contributed by atoms with van der Waals surface area (Å²) in [5.41, 5.74) is 2.44. The quantitative estimate of drug-likeness (QED) is 0.426. The number of nitrogens with one attached hydrogen (secondary N) is 1. The molecule has 0 saturated carbocycles. The number of carbonyl (C=O) groups excluding carboxylic acids is 2. The molecule has 1 aliphatic rings. The van der Waals surface area contributed by atoms with Gasteiger partial charge in [0.05, 0.1) is 24.5 Å². The van der Waals surface area contributed by atoms with Gasteiger partial charge in [-0.15, -0.1) is 11.3 Å². The third kappa shape index (κ3) is 4.32. The Bertz CT molecular complexity index is 1270. The fourth-order valence-electron chi connectivity index (χ4n) is 5.14. The summed E-state index contributed by atoms with van der Waals surface area (Å²) in [7, 11) is 0. The lowest BCUT2D eigenvalue weighted by Gasteiger charge is -2.46. The van der Waals surface area contributed by atoms with E-state index in [-0.39, 0.29) is 13.2 Å². The first-order valence-corrected chi connectivity index (χ1v) is 13.1. The standard InChI is InChI=1S/C29H32N2O4S/c1-6-34-26(32)23-18(3)30-20(5)29(28(33)35-7-2,24(23)21-14-10-8-11-15-21)27-31-25(19(4)36-27)22-16-12-9-13-17-22/h8-17,20,24,30H,6-7H2,1-5H3. The van der Waals surface area contributed by atoms with Gasteiger partial charge in [0.15, 0.2) is 5.41 Å². The summed E-state index contributed by atoms with van der Waals surface area (Å²) in [6, 6.07) is 19.2. The van der Waals surface area contributed by atoms with Crippen molar-refractivity contribution in [3.63, 3.8) is 0 Å². The van der Waals surface area contributed by atoms with Gasteiger partial charge in [0.25, 0.3) is 0 Å². The zero-order valence-electron chi connectivity index (χ0n) is 21.3. The Morgan fingerprint density at radius 3 is 2.19 bits per heavy atom. The Morgan fingerprint density at radius 2 is 1.58 bits per heavy atom. The molecule has 0 fully saturated rings. The third-order valence-corrected chi connectivity index (χ3v) is 7.83. The maximum absolute atomic E-state index is 14.1. The number of hydrogen-bond donors (Lipinski definition) is 1. The smallest absolute Gasteiger partial charge is 0.336 e. The van der Waals surface area contributed by atoms with Crippen LogP contribution in [0.2, 0.25) is 0 Å². The summed E-state index contributed by atoms with van der Waals surface area (Å²) in [5.74, 6) is -1.52. The molecule has 4 rings (SSSR count). The lowest BCUT2D eigenvalue weighted by Crippen LogP contribution is -2.60. The Hall–Kier alpha value is -3.45. The average Bonchev–Trinajstić information content (AvgIpc) is 3.26. The van der Waals surface area contributed by atoms with Gasteiger partial charge in [0.1, 0.15) is 5.01 Å². The molecular formula is C29H32N2O4S. The summed E-state index contributed by atoms with van der Waals surface area (Å²) in [6.07, 6.45) is 0. The predicted octanol–water partition coefficient (Wildman–Crippen LogP) is 5.53. The minimum absolute atomic E-state index is 0.210. The van der Waals surface area contributed by atoms with Crippen LogP contribution >= 0.6 is 11.3 Å². The van der Waals surface area contributed by atoms with Crippen molar-refractivity contribution in [1.82, 2.24) is 10.3 Å². The minimum atomic E-state index is -1.29. The first-order valence-electron chi connectivity index (χ1n) is 12.3. The van der Waals surface area contributed by atoms with Gasteiger partial charge >= 0.3 is 11.9 Å². The van der Waals surface area contributed by atoms with Crippen LogP contribution in [-0.4, -0.2) is 36.2 Å². The summed E-state index contributed by atoms with van der Waals surface area (Å²) in [6.45, 7) is 9.83. The number of ether oxygens (including phenoxy) is 2. The highest BCUT2D eigenvalue weighted by Crippen LogP contribution is 2.52. The number of aryl methyl sites for hydroxylation is 1. The van der Waals surface area contributed by atoms with Crippen LogP contribution in [-0.2, 0) is 24.5 Å². The van der Waals surface area contributed by atoms with E-state index in [0.717, 1.165) is 21.7 Å². The fourth-order valence-corrected chi connectivity index (χ4v) is 6.38. The Morgan fingerprint density at radius 1 is 0.972 bits per heavy atom. The van der Waals surface area contributed by atoms with Crippen molar-refractivity contribution in [1.29, 1.82) is 0 Å². The highest BCUT2D eigenvalue weighted by Gasteiger charge is 2.60. The summed E-state index contributed by atoms with van der Waals surface area (Å²) < 4.78 is 11.3. The Kier molecular flexibility index (Phi) is 7.59. The fraction of sp³-hybridized carbons (Fsp3) is 0.345. The van der Waals surface area contributed by atoms with Crippen LogP contribution < -0.4 is 5.32 Å². The molecule has 36 heavy (non-hydrogen) atoms. The molecule has 2 aromatic carbocycles. The van der Waals surface area contributed by atoms with Crippen molar-refractivity contribution in [2.24, 2.45) is 0 Å². The molecular weight excluding hydrogens is 472 g/mol. The second-order valence-electron chi connectivity index (χ2n) is 8.85. The first-order chi connectivity index (χ1) is 17.4. The van der Waals surface area contributed by atoms with E-state index in [1.807, 2.05) is 81.4 Å². The molecule has 6 nitrogen and oxygen atoms in total. The number of carbonyl (C=O) groups is 2. The summed E-state index contributed by atoms with van der Waals surface area (Å²) >= 11 is 1.47. The second kappa shape index (κ2) is 10.7. The molecule has 0 bridgehead atoms. The van der Waals surface area contributed by atoms with Crippen LogP contribution in [0.5, 0.6) is 0 Å². The molecule has 0 radical (unpaired) electrons. The van der Waals surface area contributed by atoms with Crippen LogP contribution in [0.4, 0.5) is 0 Å². The van der Waals surface area contributed by atoms with Crippen LogP contribution in [0, 0.1) is 6.92 Å². The van der Waals surface area contributed by atoms with Gasteiger partial charge in [0, 0.05) is 28.1 Å². The number of esters is 2. The average molecular weight is 505 g/mol. The molecule has 0 amide bonds. The number of thiazole rings is 1. The molecule has 1 aromatic heterocycles. The number of nitrogens with zero attached hydrogens (tertiary/aromatic N) is 1. The molecule has 0 spiro atoms. The highest BCUT2D eigenvalue weighted by molar-refractivity contribution is 7.12. The third-order valence-electron chi connectivity index (χ3n) is 6.70. The van der Waals surface area contributed by atoms with Crippen molar-refractivity contribution < 1.29 is 19.1 Å². The minimum Gasteiger partial charge on any atom is -0.465 e. The van der Waals surface area contributed by atoms with Crippen molar-refractivity contribution in [3.05, 3.63) is 87.4 Å². The van der Waals surface area contributed by atoms with Crippen LogP contribution in [0.1, 0.15) is 49.1 Å². The van der Waals surface area contributed by atoms with E-state index in [2.05, 4.69) is 5.32 Å². The van der Waals surface area contributed by atoms with Gasteiger partial charge in [0.2, 0.25) is 0 Å². The molecule has 7 heteroatoms. The number of allylic oxidation sites excluding steroid dienone is 1. The number of hydrogen-bond acceptors (Lipinski definition) is 7. The number of aromatic nitrogens is 1. The van der Waals surface area contributed by atoms with Gasteiger partial charge in [-0.2, -0.15) is 0 Å². The van der Waals surface area contributed by atoms with E-state index >= 15 is 0 Å². The lowest BCUT2D eigenvalue weighted by molar-refractivity contribution is -0.153. The maximum atomic E-state index is 14.1. The Balaban J connectivity index is 2.04. The molecule has 3 unspecified atom stereocenters. The molecule has 0 saturated heterocycles. The Labute approximate surface area is 216 Å². The molecule has 2 heterocycles. The summed E-state index contributed by atoms with van der Waals surface area (Å²) in [4.78, 5) is 33.6. The van der Waals surface area contributed by atoms with Gasteiger partial charge < -0.3 is 14.8 Å². The largest absolute Gasteiger partial charge is 0.465 e. The van der Waals surface area contributed by atoms with E-state index in [4.69, 9.17) is 14.5 Å². The topological polar surface area (TPSA) is 77.5 Å². The van der Waals surface area contributed by atoms with E-state index in [1.165, 1.54) is 11.3 Å². The number of benzene rings is 2. The molecule has 0 aliphatic carbocycles. The van der Waals surface area contributed by atoms with E-state index in [9.17, 15) is 9.59 Å². The van der Waals surface area contributed by atoms with Crippen LogP contribution in [0.25, 0.3) is 11.3 Å². The first kappa shape index (κ1) is 25.6. The molecule has 3 aromatic rings.